The lowest BCUT2D eigenvalue weighted by atomic mass is 10.1. The van der Waals surface area contributed by atoms with Crippen molar-refractivity contribution in [3.05, 3.63) is 76.6 Å². The van der Waals surface area contributed by atoms with Gasteiger partial charge in [-0.1, -0.05) is 6.07 Å². The highest BCUT2D eigenvalue weighted by Crippen LogP contribution is 2.23. The van der Waals surface area contributed by atoms with Gasteiger partial charge in [0.25, 0.3) is 5.91 Å². The molecule has 1 heterocycles. The molecule has 0 fully saturated rings. The van der Waals surface area contributed by atoms with Crippen molar-refractivity contribution in [3.8, 4) is 11.4 Å². The first-order chi connectivity index (χ1) is 16.6. The number of nitrogens with zero attached hydrogens (tertiary/aromatic N) is 3. The highest BCUT2D eigenvalue weighted by Gasteiger charge is 2.16. The van der Waals surface area contributed by atoms with Crippen LogP contribution in [-0.4, -0.2) is 59.5 Å². The largest absolute Gasteiger partial charge is 0.484 e. The highest BCUT2D eigenvalue weighted by atomic mass is 16.5. The summed E-state index contributed by atoms with van der Waals surface area (Å²) in [5.41, 5.74) is 5.58. The zero-order valence-electron chi connectivity index (χ0n) is 19.8. The molecule has 3 N–H and O–H groups in total. The topological polar surface area (TPSA) is 133 Å². The van der Waals surface area contributed by atoms with E-state index in [1.54, 1.807) is 30.5 Å². The lowest BCUT2D eigenvalue weighted by Gasteiger charge is -2.13. The fourth-order valence-electron chi connectivity index (χ4n) is 3.51. The Hall–Kier alpha value is -4.60. The number of aromatic carboxylic acids is 2. The zero-order valence-corrected chi connectivity index (χ0v) is 19.8. The van der Waals surface area contributed by atoms with E-state index in [2.05, 4.69) is 10.5 Å². The number of carboxylic acids is 2. The molecule has 10 heteroatoms. The smallest absolute Gasteiger partial charge is 0.335 e. The summed E-state index contributed by atoms with van der Waals surface area (Å²) in [4.78, 5) is 37.0. The zero-order chi connectivity index (χ0) is 25.7. The molecule has 182 valence electrons. The van der Waals surface area contributed by atoms with Crippen molar-refractivity contribution >= 4 is 29.7 Å². The van der Waals surface area contributed by atoms with E-state index in [1.165, 1.54) is 18.3 Å². The van der Waals surface area contributed by atoms with E-state index in [9.17, 15) is 24.6 Å². The molecule has 0 atom stereocenters. The van der Waals surface area contributed by atoms with Gasteiger partial charge in [-0.05, 0) is 50.2 Å². The molecule has 0 bridgehead atoms. The van der Waals surface area contributed by atoms with Gasteiger partial charge in [-0.3, -0.25) is 4.79 Å². The number of hydrogen-bond acceptors (Lipinski definition) is 6. The maximum atomic E-state index is 12.1. The molecule has 0 saturated heterocycles. The average Bonchev–Trinajstić information content (AvgIpc) is 3.10. The summed E-state index contributed by atoms with van der Waals surface area (Å²) in [5, 5.41) is 22.7. The van der Waals surface area contributed by atoms with Crippen molar-refractivity contribution in [2.75, 3.05) is 25.6 Å². The Morgan fingerprint density at radius 2 is 1.69 bits per heavy atom. The van der Waals surface area contributed by atoms with E-state index < -0.39 is 17.8 Å². The monoisotopic (exact) mass is 478 g/mol. The van der Waals surface area contributed by atoms with E-state index in [0.717, 1.165) is 17.4 Å². The number of aromatic nitrogens is 1. The number of carboxylic acid groups (broad SMARTS) is 2. The third-order valence-corrected chi connectivity index (χ3v) is 5.24. The van der Waals surface area contributed by atoms with Gasteiger partial charge >= 0.3 is 11.9 Å². The summed E-state index contributed by atoms with van der Waals surface area (Å²) in [7, 11) is 3.82. The quantitative estimate of drug-likeness (QED) is 0.318. The molecule has 3 aromatic rings. The van der Waals surface area contributed by atoms with Crippen LogP contribution in [0.25, 0.3) is 5.69 Å². The number of nitrogens with one attached hydrogen (secondary N) is 1. The summed E-state index contributed by atoms with van der Waals surface area (Å²) < 4.78 is 7.24. The predicted octanol–water partition coefficient (Wildman–Crippen LogP) is 3.09. The predicted molar refractivity (Wildman–Crippen MR) is 131 cm³/mol. The van der Waals surface area contributed by atoms with E-state index >= 15 is 0 Å². The summed E-state index contributed by atoms with van der Waals surface area (Å²) in [6.45, 7) is 3.37. The lowest BCUT2D eigenvalue weighted by molar-refractivity contribution is -0.123. The van der Waals surface area contributed by atoms with Crippen molar-refractivity contribution in [3.63, 3.8) is 0 Å². The Labute approximate surface area is 202 Å². The van der Waals surface area contributed by atoms with Gasteiger partial charge in [0.2, 0.25) is 0 Å². The van der Waals surface area contributed by atoms with Crippen LogP contribution in [0.3, 0.4) is 0 Å². The van der Waals surface area contributed by atoms with E-state index in [1.807, 2.05) is 37.2 Å². The Kier molecular flexibility index (Phi) is 7.55. The minimum atomic E-state index is -1.23. The van der Waals surface area contributed by atoms with Gasteiger partial charge in [-0.15, -0.1) is 0 Å². The summed E-state index contributed by atoms with van der Waals surface area (Å²) in [6, 6.07) is 13.0. The van der Waals surface area contributed by atoms with Gasteiger partial charge in [-0.2, -0.15) is 5.10 Å². The van der Waals surface area contributed by atoms with Crippen LogP contribution in [0.15, 0.2) is 53.6 Å². The maximum absolute atomic E-state index is 12.1. The standard InChI is InChI=1S/C25H26N4O6/c1-15-8-19(13-26-27-23(30)14-35-22-7-5-6-20(12-22)28(3)4)16(2)29(15)21-10-17(24(31)32)9-18(11-21)25(33)34/h5-13H,14H2,1-4H3,(H,27,30)(H,31,32)(H,33,34)/b26-13+. The van der Waals surface area contributed by atoms with Crippen molar-refractivity contribution in [1.82, 2.24) is 9.99 Å². The van der Waals surface area contributed by atoms with E-state index in [0.29, 0.717) is 22.7 Å². The minimum absolute atomic E-state index is 0.133. The van der Waals surface area contributed by atoms with Crippen LogP contribution in [0, 0.1) is 13.8 Å². The van der Waals surface area contributed by atoms with Gasteiger partial charge < -0.3 is 24.4 Å². The average molecular weight is 479 g/mol. The molecule has 0 radical (unpaired) electrons. The fraction of sp³-hybridized carbons (Fsp3) is 0.200. The van der Waals surface area contributed by atoms with Gasteiger partial charge in [0.1, 0.15) is 5.75 Å². The SMILES string of the molecule is Cc1cc(/C=N/NC(=O)COc2cccc(N(C)C)c2)c(C)n1-c1cc(C(=O)O)cc(C(=O)O)c1. The second-order valence-electron chi connectivity index (χ2n) is 8.01. The first-order valence-electron chi connectivity index (χ1n) is 10.6. The van der Waals surface area contributed by atoms with Crippen LogP contribution in [0.1, 0.15) is 37.7 Å². The lowest BCUT2D eigenvalue weighted by Crippen LogP contribution is -2.24. The second-order valence-corrected chi connectivity index (χ2v) is 8.01. The Morgan fingerprint density at radius 3 is 2.29 bits per heavy atom. The van der Waals surface area contributed by atoms with Gasteiger partial charge in [0.15, 0.2) is 6.61 Å². The van der Waals surface area contributed by atoms with Gasteiger partial charge in [0, 0.05) is 48.5 Å². The number of hydrogen-bond donors (Lipinski definition) is 3. The van der Waals surface area contributed by atoms with Crippen LogP contribution in [-0.2, 0) is 4.79 Å². The number of amides is 1. The number of ether oxygens (including phenoxy) is 1. The van der Waals surface area contributed by atoms with Crippen LogP contribution in [0.4, 0.5) is 5.69 Å². The number of hydrazone groups is 1. The first-order valence-corrected chi connectivity index (χ1v) is 10.6. The molecule has 1 amide bonds. The molecule has 3 rings (SSSR count). The summed E-state index contributed by atoms with van der Waals surface area (Å²) in [5.74, 6) is -2.33. The van der Waals surface area contributed by atoms with Crippen LogP contribution < -0.4 is 15.1 Å². The molecule has 0 spiro atoms. The van der Waals surface area contributed by atoms with Crippen molar-refractivity contribution in [2.24, 2.45) is 5.10 Å². The number of anilines is 1. The second kappa shape index (κ2) is 10.6. The highest BCUT2D eigenvalue weighted by molar-refractivity contribution is 5.95. The van der Waals surface area contributed by atoms with Gasteiger partial charge in [0.05, 0.1) is 17.3 Å². The number of carbonyl (C=O) groups is 3. The molecular formula is C25H26N4O6. The third kappa shape index (κ3) is 6.05. The van der Waals surface area contributed by atoms with E-state index in [-0.39, 0.29) is 17.7 Å². The van der Waals surface area contributed by atoms with Crippen molar-refractivity contribution in [2.45, 2.75) is 13.8 Å². The molecule has 10 nitrogen and oxygen atoms in total. The molecule has 0 aliphatic heterocycles. The molecular weight excluding hydrogens is 452 g/mol. The van der Waals surface area contributed by atoms with Crippen LogP contribution in [0.2, 0.25) is 0 Å². The number of benzene rings is 2. The van der Waals surface area contributed by atoms with Crippen LogP contribution in [0.5, 0.6) is 5.75 Å². The number of rotatable bonds is 9. The molecule has 0 aliphatic carbocycles. The number of carbonyl (C=O) groups excluding carboxylic acids is 1. The molecule has 0 saturated carbocycles. The minimum Gasteiger partial charge on any atom is -0.484 e. The third-order valence-electron chi connectivity index (χ3n) is 5.24. The maximum Gasteiger partial charge on any atom is 0.335 e. The molecule has 1 aromatic heterocycles. The first kappa shape index (κ1) is 25.0. The molecule has 35 heavy (non-hydrogen) atoms. The molecule has 0 unspecified atom stereocenters. The summed E-state index contributed by atoms with van der Waals surface area (Å²) in [6.07, 6.45) is 1.46. The van der Waals surface area contributed by atoms with E-state index in [4.69, 9.17) is 4.74 Å². The summed E-state index contributed by atoms with van der Waals surface area (Å²) >= 11 is 0. The Balaban J connectivity index is 1.72. The molecule has 2 aromatic carbocycles. The molecule has 0 aliphatic rings. The fourth-order valence-corrected chi connectivity index (χ4v) is 3.51. The Bertz CT molecular complexity index is 1280. The Morgan fingerprint density at radius 1 is 1.03 bits per heavy atom. The van der Waals surface area contributed by atoms with Crippen LogP contribution >= 0.6 is 0 Å². The normalized spacial score (nSPS) is 10.9. The number of aryl methyl sites for hydroxylation is 1. The van der Waals surface area contributed by atoms with Gasteiger partial charge in [-0.25, -0.2) is 15.0 Å². The van der Waals surface area contributed by atoms with Crippen molar-refractivity contribution < 1.29 is 29.3 Å². The van der Waals surface area contributed by atoms with Crippen molar-refractivity contribution in [1.29, 1.82) is 0 Å².